The van der Waals surface area contributed by atoms with Gasteiger partial charge in [0.1, 0.15) is 5.82 Å². The molecule has 0 aromatic heterocycles. The molecule has 20 heavy (non-hydrogen) atoms. The fraction of sp³-hybridized carbons (Fsp3) is 0.462. The molecular weight excluding hydrogens is 456 g/mol. The van der Waals surface area contributed by atoms with Crippen LogP contribution in [-0.2, 0) is 6.54 Å². The fourth-order valence-electron chi connectivity index (χ4n) is 1.42. The largest absolute Gasteiger partial charge is 0.357 e. The molecule has 3 nitrogen and oxygen atoms in total. The zero-order valence-corrected chi connectivity index (χ0v) is 16.3. The lowest BCUT2D eigenvalue weighted by Crippen LogP contribution is -2.38. The Hall–Kier alpha value is -0.0200. The van der Waals surface area contributed by atoms with E-state index in [0.717, 1.165) is 30.4 Å². The van der Waals surface area contributed by atoms with Crippen LogP contribution in [0.5, 0.6) is 0 Å². The molecule has 7 heteroatoms. The molecule has 0 aliphatic heterocycles. The summed E-state index contributed by atoms with van der Waals surface area (Å²) in [7, 11) is 0. The fourth-order valence-corrected chi connectivity index (χ4v) is 1.97. The third kappa shape index (κ3) is 7.68. The van der Waals surface area contributed by atoms with Gasteiger partial charge < -0.3 is 10.6 Å². The summed E-state index contributed by atoms with van der Waals surface area (Å²) in [5.74, 6) is 1.53. The van der Waals surface area contributed by atoms with E-state index in [0.29, 0.717) is 11.0 Å². The van der Waals surface area contributed by atoms with Crippen LogP contribution < -0.4 is 10.6 Å². The van der Waals surface area contributed by atoms with Crippen molar-refractivity contribution in [3.63, 3.8) is 0 Å². The van der Waals surface area contributed by atoms with Crippen molar-refractivity contribution in [1.29, 1.82) is 0 Å². The Morgan fingerprint density at radius 3 is 2.75 bits per heavy atom. The summed E-state index contributed by atoms with van der Waals surface area (Å²) in [4.78, 5) is 4.43. The lowest BCUT2D eigenvalue weighted by Gasteiger charge is -2.10. The highest BCUT2D eigenvalue weighted by molar-refractivity contribution is 14.0. The number of nitrogens with one attached hydrogen (secondary N) is 2. The Balaban J connectivity index is 0.00000361. The molecule has 0 radical (unpaired) electrons. The van der Waals surface area contributed by atoms with Gasteiger partial charge in [0.2, 0.25) is 0 Å². The predicted octanol–water partition coefficient (Wildman–Crippen LogP) is 3.62. The van der Waals surface area contributed by atoms with Gasteiger partial charge in [0.05, 0.1) is 11.0 Å². The molecule has 0 unspecified atom stereocenters. The van der Waals surface area contributed by atoms with Crippen molar-refractivity contribution in [2.24, 2.45) is 4.99 Å². The maximum Gasteiger partial charge on any atom is 0.191 e. The van der Waals surface area contributed by atoms with Crippen molar-refractivity contribution in [2.45, 2.75) is 13.5 Å². The van der Waals surface area contributed by atoms with Crippen LogP contribution in [0.1, 0.15) is 12.5 Å². The summed E-state index contributed by atoms with van der Waals surface area (Å²) in [5, 5.41) is 6.40. The average molecular weight is 476 g/mol. The summed E-state index contributed by atoms with van der Waals surface area (Å²) in [6.07, 6.45) is 2.07. The number of hydrogen-bond donors (Lipinski definition) is 2. The number of halogens is 3. The second-order valence-corrected chi connectivity index (χ2v) is 5.70. The zero-order chi connectivity index (χ0) is 14.1. The topological polar surface area (TPSA) is 36.4 Å². The Labute approximate surface area is 149 Å². The first-order valence-corrected chi connectivity index (χ1v) is 8.31. The summed E-state index contributed by atoms with van der Waals surface area (Å²) in [5.41, 5.74) is 0.850. The molecule has 0 spiro atoms. The normalized spacial score (nSPS) is 10.9. The van der Waals surface area contributed by atoms with Crippen LogP contribution in [0.25, 0.3) is 0 Å². The van der Waals surface area contributed by atoms with E-state index in [1.165, 1.54) is 6.07 Å². The number of benzene rings is 1. The summed E-state index contributed by atoms with van der Waals surface area (Å²) in [6.45, 7) is 4.14. The van der Waals surface area contributed by atoms with Crippen molar-refractivity contribution in [3.8, 4) is 0 Å². The smallest absolute Gasteiger partial charge is 0.191 e. The van der Waals surface area contributed by atoms with E-state index >= 15 is 0 Å². The Bertz CT molecular complexity index is 432. The lowest BCUT2D eigenvalue weighted by atomic mass is 10.2. The van der Waals surface area contributed by atoms with Crippen LogP contribution >= 0.6 is 51.7 Å². The van der Waals surface area contributed by atoms with Gasteiger partial charge in [-0.25, -0.2) is 9.38 Å². The summed E-state index contributed by atoms with van der Waals surface area (Å²) < 4.78 is 13.8. The van der Waals surface area contributed by atoms with Gasteiger partial charge in [-0.1, -0.05) is 6.07 Å². The summed E-state index contributed by atoms with van der Waals surface area (Å²) in [6, 6.07) is 5.06. The first-order chi connectivity index (χ1) is 9.17. The Morgan fingerprint density at radius 1 is 1.40 bits per heavy atom. The molecule has 0 atom stereocenters. The minimum atomic E-state index is -0.256. The summed E-state index contributed by atoms with van der Waals surface area (Å²) >= 11 is 4.92. The molecule has 0 aliphatic carbocycles. The molecule has 1 rings (SSSR count). The first kappa shape index (κ1) is 20.0. The van der Waals surface area contributed by atoms with Crippen molar-refractivity contribution < 1.29 is 4.39 Å². The number of rotatable bonds is 6. The molecule has 0 saturated heterocycles. The second-order valence-electron chi connectivity index (χ2n) is 3.86. The molecule has 0 fully saturated rings. The van der Waals surface area contributed by atoms with Gasteiger partial charge in [0.15, 0.2) is 5.96 Å². The molecule has 0 amide bonds. The van der Waals surface area contributed by atoms with Crippen molar-refractivity contribution in [3.05, 3.63) is 34.1 Å². The van der Waals surface area contributed by atoms with Gasteiger partial charge in [0.25, 0.3) is 0 Å². The maximum atomic E-state index is 13.4. The minimum Gasteiger partial charge on any atom is -0.357 e. The van der Waals surface area contributed by atoms with E-state index in [1.54, 1.807) is 17.8 Å². The maximum absolute atomic E-state index is 13.4. The van der Waals surface area contributed by atoms with Crippen LogP contribution in [0, 0.1) is 5.82 Å². The Kier molecular flexibility index (Phi) is 11.6. The van der Waals surface area contributed by atoms with Gasteiger partial charge >= 0.3 is 0 Å². The molecule has 1 aromatic carbocycles. The predicted molar refractivity (Wildman–Crippen MR) is 101 cm³/mol. The van der Waals surface area contributed by atoms with E-state index in [9.17, 15) is 4.39 Å². The van der Waals surface area contributed by atoms with Crippen LogP contribution in [-0.4, -0.2) is 31.1 Å². The molecule has 0 bridgehead atoms. The van der Waals surface area contributed by atoms with Crippen molar-refractivity contribution in [1.82, 2.24) is 10.6 Å². The number of aliphatic imine (C=N–C) groups is 1. The molecular formula is C13H20BrFIN3S. The van der Waals surface area contributed by atoms with Gasteiger partial charge in [-0.3, -0.25) is 0 Å². The minimum absolute atomic E-state index is 0. The van der Waals surface area contributed by atoms with Gasteiger partial charge in [0, 0.05) is 18.8 Å². The number of hydrogen-bond acceptors (Lipinski definition) is 2. The molecule has 0 heterocycles. The van der Waals surface area contributed by atoms with E-state index in [4.69, 9.17) is 0 Å². The van der Waals surface area contributed by atoms with Crippen molar-refractivity contribution >= 4 is 57.6 Å². The lowest BCUT2D eigenvalue weighted by molar-refractivity contribution is 0.618. The third-order valence-electron chi connectivity index (χ3n) is 2.35. The van der Waals surface area contributed by atoms with Gasteiger partial charge in [-0.2, -0.15) is 11.8 Å². The molecule has 1 aromatic rings. The molecule has 0 aliphatic rings. The number of nitrogens with zero attached hydrogens (tertiary/aromatic N) is 1. The van der Waals surface area contributed by atoms with Crippen LogP contribution in [0.3, 0.4) is 0 Å². The monoisotopic (exact) mass is 475 g/mol. The first-order valence-electron chi connectivity index (χ1n) is 6.12. The van der Waals surface area contributed by atoms with Gasteiger partial charge in [-0.05, 0) is 46.8 Å². The quantitative estimate of drug-likeness (QED) is 0.285. The standard InChI is InChI=1S/C13H19BrFN3S.HI/c1-3-16-13(17-6-7-19-2)18-9-10-4-5-11(14)12(15)8-10;/h4-5,8H,3,6-7,9H2,1-2H3,(H2,16,17,18);1H. The Morgan fingerprint density at radius 2 is 2.15 bits per heavy atom. The zero-order valence-electron chi connectivity index (χ0n) is 11.6. The second kappa shape index (κ2) is 11.6. The highest BCUT2D eigenvalue weighted by Gasteiger charge is 2.01. The van der Waals surface area contributed by atoms with Crippen LogP contribution in [0.15, 0.2) is 27.7 Å². The highest BCUT2D eigenvalue weighted by Crippen LogP contribution is 2.16. The van der Waals surface area contributed by atoms with Crippen LogP contribution in [0.2, 0.25) is 0 Å². The third-order valence-corrected chi connectivity index (χ3v) is 3.60. The molecule has 2 N–H and O–H groups in total. The van der Waals surface area contributed by atoms with Crippen molar-refractivity contribution in [2.75, 3.05) is 25.1 Å². The highest BCUT2D eigenvalue weighted by atomic mass is 127. The number of thioether (sulfide) groups is 1. The van der Waals surface area contributed by atoms with E-state index < -0.39 is 0 Å². The molecule has 114 valence electrons. The van der Waals surface area contributed by atoms with E-state index in [2.05, 4.69) is 37.8 Å². The average Bonchev–Trinajstić information content (AvgIpc) is 2.40. The van der Waals surface area contributed by atoms with E-state index in [-0.39, 0.29) is 29.8 Å². The molecule has 0 saturated carbocycles. The SMILES string of the molecule is CCNC(=NCc1ccc(Br)c(F)c1)NCCSC.I. The number of guanidine groups is 1. The van der Waals surface area contributed by atoms with E-state index in [1.807, 2.05) is 13.0 Å². The van der Waals surface area contributed by atoms with Gasteiger partial charge in [-0.15, -0.1) is 24.0 Å². The van der Waals surface area contributed by atoms with Crippen LogP contribution in [0.4, 0.5) is 4.39 Å².